The van der Waals surface area contributed by atoms with E-state index in [0.717, 1.165) is 43.2 Å². The lowest BCUT2D eigenvalue weighted by atomic mass is 10.2. The number of halogens is 2. The highest BCUT2D eigenvalue weighted by Crippen LogP contribution is 2.50. The molecule has 118 valence electrons. The van der Waals surface area contributed by atoms with E-state index >= 15 is 0 Å². The van der Waals surface area contributed by atoms with Crippen molar-refractivity contribution in [2.75, 3.05) is 31.2 Å². The summed E-state index contributed by atoms with van der Waals surface area (Å²) in [6, 6.07) is 2.02. The van der Waals surface area contributed by atoms with Gasteiger partial charge in [-0.25, -0.2) is 8.78 Å². The number of fused-ring (bicyclic) bond motifs is 1. The smallest absolute Gasteiger partial charge is 0.252 e. The van der Waals surface area contributed by atoms with Crippen molar-refractivity contribution in [3.05, 3.63) is 23.7 Å². The number of anilines is 1. The molecule has 2 fully saturated rings. The van der Waals surface area contributed by atoms with Gasteiger partial charge in [-0.1, -0.05) is 0 Å². The first-order valence-corrected chi connectivity index (χ1v) is 7.60. The molecule has 1 saturated heterocycles. The molecule has 5 nitrogen and oxygen atoms in total. The van der Waals surface area contributed by atoms with Gasteiger partial charge in [-0.2, -0.15) is 0 Å². The minimum Gasteiger partial charge on any atom is -0.378 e. The number of aryl methyl sites for hydroxylation is 1. The molecule has 0 spiro atoms. The monoisotopic (exact) mass is 308 g/mol. The number of nitrogens with zero attached hydrogens (tertiary/aromatic N) is 4. The molecule has 0 bridgehead atoms. The second kappa shape index (κ2) is 4.87. The number of pyridine rings is 1. The first-order valence-electron chi connectivity index (χ1n) is 7.60. The summed E-state index contributed by atoms with van der Waals surface area (Å²) in [7, 11) is 0. The van der Waals surface area contributed by atoms with E-state index in [1.807, 2.05) is 23.6 Å². The number of ether oxygens (including phenoxy) is 1. The standard InChI is InChI=1S/C15H18F2N4O/c1-10-12(20-4-6-22-7-5-20)2-3-21-13(18-19-14(10)21)8-11-9-15(11,16)17/h2-3,11H,4-9H2,1H3. The van der Waals surface area contributed by atoms with E-state index in [4.69, 9.17) is 4.74 Å². The van der Waals surface area contributed by atoms with Gasteiger partial charge >= 0.3 is 0 Å². The predicted octanol–water partition coefficient (Wildman–Crippen LogP) is 2.07. The van der Waals surface area contributed by atoms with Crippen LogP contribution in [0.25, 0.3) is 5.65 Å². The van der Waals surface area contributed by atoms with Crippen molar-refractivity contribution in [2.45, 2.75) is 25.7 Å². The highest BCUT2D eigenvalue weighted by atomic mass is 19.3. The third-order valence-corrected chi connectivity index (χ3v) is 4.60. The van der Waals surface area contributed by atoms with Crippen LogP contribution in [0.3, 0.4) is 0 Å². The first kappa shape index (κ1) is 13.9. The van der Waals surface area contributed by atoms with Gasteiger partial charge in [0.15, 0.2) is 5.65 Å². The highest BCUT2D eigenvalue weighted by molar-refractivity contribution is 5.64. The molecular formula is C15H18F2N4O. The van der Waals surface area contributed by atoms with E-state index in [0.29, 0.717) is 5.82 Å². The number of alkyl halides is 2. The van der Waals surface area contributed by atoms with Crippen molar-refractivity contribution >= 4 is 11.3 Å². The molecule has 3 heterocycles. The number of rotatable bonds is 3. The lowest BCUT2D eigenvalue weighted by Crippen LogP contribution is -2.36. The van der Waals surface area contributed by atoms with Gasteiger partial charge in [-0.05, 0) is 13.0 Å². The van der Waals surface area contributed by atoms with Gasteiger partial charge in [-0.15, -0.1) is 10.2 Å². The number of hydrogen-bond acceptors (Lipinski definition) is 4. The molecule has 4 rings (SSSR count). The Morgan fingerprint density at radius 3 is 2.73 bits per heavy atom. The zero-order valence-electron chi connectivity index (χ0n) is 12.4. The molecular weight excluding hydrogens is 290 g/mol. The summed E-state index contributed by atoms with van der Waals surface area (Å²) >= 11 is 0. The van der Waals surface area contributed by atoms with Gasteiger partial charge in [0.05, 0.1) is 13.2 Å². The maximum atomic E-state index is 13.1. The first-order chi connectivity index (χ1) is 10.6. The van der Waals surface area contributed by atoms with Crippen LogP contribution in [0.15, 0.2) is 12.3 Å². The van der Waals surface area contributed by atoms with Crippen LogP contribution < -0.4 is 4.90 Å². The summed E-state index contributed by atoms with van der Waals surface area (Å²) in [6.45, 7) is 5.15. The van der Waals surface area contributed by atoms with E-state index in [-0.39, 0.29) is 12.8 Å². The zero-order chi connectivity index (χ0) is 15.3. The third-order valence-electron chi connectivity index (χ3n) is 4.60. The van der Waals surface area contributed by atoms with Crippen LogP contribution >= 0.6 is 0 Å². The summed E-state index contributed by atoms with van der Waals surface area (Å²) in [4.78, 5) is 2.27. The summed E-state index contributed by atoms with van der Waals surface area (Å²) in [5.41, 5.74) is 2.90. The molecule has 0 aromatic carbocycles. The van der Waals surface area contributed by atoms with Gasteiger partial charge in [-0.3, -0.25) is 4.40 Å². The van der Waals surface area contributed by atoms with Crippen LogP contribution in [-0.4, -0.2) is 46.8 Å². The Kier molecular flexibility index (Phi) is 3.07. The molecule has 0 N–H and O–H groups in total. The largest absolute Gasteiger partial charge is 0.378 e. The molecule has 0 radical (unpaired) electrons. The van der Waals surface area contributed by atoms with Gasteiger partial charge in [0, 0.05) is 49.3 Å². The lowest BCUT2D eigenvalue weighted by molar-refractivity contribution is 0.0984. The Morgan fingerprint density at radius 1 is 1.32 bits per heavy atom. The van der Waals surface area contributed by atoms with Crippen LogP contribution in [0, 0.1) is 12.8 Å². The van der Waals surface area contributed by atoms with Crippen molar-refractivity contribution in [2.24, 2.45) is 5.92 Å². The molecule has 1 saturated carbocycles. The van der Waals surface area contributed by atoms with E-state index in [1.165, 1.54) is 0 Å². The molecule has 2 aliphatic rings. The van der Waals surface area contributed by atoms with E-state index < -0.39 is 11.8 Å². The van der Waals surface area contributed by atoms with Crippen LogP contribution in [0.4, 0.5) is 14.5 Å². The Bertz CT molecular complexity index is 709. The van der Waals surface area contributed by atoms with Crippen LogP contribution in [-0.2, 0) is 11.2 Å². The van der Waals surface area contributed by atoms with Gasteiger partial charge in [0.2, 0.25) is 0 Å². The average molecular weight is 308 g/mol. The number of aromatic nitrogens is 3. The molecule has 7 heteroatoms. The molecule has 2 aromatic heterocycles. The highest BCUT2D eigenvalue weighted by Gasteiger charge is 2.56. The second-order valence-corrected chi connectivity index (χ2v) is 6.10. The van der Waals surface area contributed by atoms with E-state index in [2.05, 4.69) is 15.1 Å². The van der Waals surface area contributed by atoms with Gasteiger partial charge in [0.1, 0.15) is 5.82 Å². The van der Waals surface area contributed by atoms with E-state index in [1.54, 1.807) is 0 Å². The normalized spacial score (nSPS) is 24.0. The van der Waals surface area contributed by atoms with Crippen molar-refractivity contribution in [3.63, 3.8) is 0 Å². The van der Waals surface area contributed by atoms with Crippen LogP contribution in [0.5, 0.6) is 0 Å². The molecule has 22 heavy (non-hydrogen) atoms. The quantitative estimate of drug-likeness (QED) is 0.870. The number of hydrogen-bond donors (Lipinski definition) is 0. The molecule has 1 aliphatic carbocycles. The van der Waals surface area contributed by atoms with Crippen LogP contribution in [0.1, 0.15) is 17.8 Å². The molecule has 1 aliphatic heterocycles. The molecule has 0 amide bonds. The summed E-state index contributed by atoms with van der Waals surface area (Å²) in [6.07, 6.45) is 2.14. The average Bonchev–Trinajstić information content (AvgIpc) is 2.92. The lowest BCUT2D eigenvalue weighted by Gasteiger charge is -2.30. The maximum absolute atomic E-state index is 13.1. The van der Waals surface area contributed by atoms with Crippen molar-refractivity contribution < 1.29 is 13.5 Å². The maximum Gasteiger partial charge on any atom is 0.252 e. The second-order valence-electron chi connectivity index (χ2n) is 6.10. The minimum absolute atomic E-state index is 0.0350. The minimum atomic E-state index is -2.52. The van der Waals surface area contributed by atoms with Crippen LogP contribution in [0.2, 0.25) is 0 Å². The fourth-order valence-electron chi connectivity index (χ4n) is 3.12. The fraction of sp³-hybridized carbons (Fsp3) is 0.600. The van der Waals surface area contributed by atoms with Gasteiger partial charge < -0.3 is 9.64 Å². The Labute approximate surface area is 126 Å². The zero-order valence-corrected chi connectivity index (χ0v) is 12.4. The van der Waals surface area contributed by atoms with Crippen molar-refractivity contribution in [1.82, 2.24) is 14.6 Å². The SMILES string of the molecule is Cc1c(N2CCOCC2)ccn2c(CC3CC3(F)F)nnc12. The van der Waals surface area contributed by atoms with Crippen molar-refractivity contribution in [3.8, 4) is 0 Å². The summed E-state index contributed by atoms with van der Waals surface area (Å²) in [5.74, 6) is -2.48. The topological polar surface area (TPSA) is 42.7 Å². The molecule has 1 unspecified atom stereocenters. The number of morpholine rings is 1. The summed E-state index contributed by atoms with van der Waals surface area (Å²) < 4.78 is 33.4. The molecule has 1 atom stereocenters. The molecule has 2 aromatic rings. The Balaban J connectivity index is 1.65. The Hall–Kier alpha value is -1.76. The van der Waals surface area contributed by atoms with E-state index in [9.17, 15) is 8.78 Å². The summed E-state index contributed by atoms with van der Waals surface area (Å²) in [5, 5.41) is 8.34. The predicted molar refractivity (Wildman–Crippen MR) is 77.5 cm³/mol. The van der Waals surface area contributed by atoms with Crippen molar-refractivity contribution in [1.29, 1.82) is 0 Å². The third kappa shape index (κ3) is 2.24. The fourth-order valence-corrected chi connectivity index (χ4v) is 3.12. The van der Waals surface area contributed by atoms with Gasteiger partial charge in [0.25, 0.3) is 5.92 Å². The Morgan fingerprint density at radius 2 is 2.05 bits per heavy atom.